The zero-order chi connectivity index (χ0) is 15.4. The molecule has 0 aliphatic carbocycles. The number of hydrogen-bond donors (Lipinski definition) is 0. The van der Waals surface area contributed by atoms with Crippen LogP contribution in [0.3, 0.4) is 0 Å². The molecule has 1 atom stereocenters. The van der Waals surface area contributed by atoms with Gasteiger partial charge in [0, 0.05) is 38.5 Å². The Morgan fingerprint density at radius 3 is 2.59 bits per heavy atom. The third kappa shape index (κ3) is 3.61. The quantitative estimate of drug-likeness (QED) is 0.706. The Morgan fingerprint density at radius 1 is 1.09 bits per heavy atom. The van der Waals surface area contributed by atoms with Crippen LogP contribution < -0.4 is 4.74 Å². The topological polar surface area (TPSA) is 39.2 Å². The van der Waals surface area contributed by atoms with Crippen LogP contribution in [0.25, 0.3) is 11.3 Å². The van der Waals surface area contributed by atoms with E-state index in [9.17, 15) is 4.21 Å². The average molecular weight is 329 g/mol. The molecule has 0 saturated carbocycles. The highest BCUT2D eigenvalue weighted by molar-refractivity contribution is 7.84. The average Bonchev–Trinajstić information content (AvgIpc) is 3.07. The normalized spacial score (nSPS) is 12.0. The van der Waals surface area contributed by atoms with E-state index in [4.69, 9.17) is 4.74 Å². The molecule has 3 rings (SSSR count). The third-order valence-corrected chi connectivity index (χ3v) is 4.93. The smallest absolute Gasteiger partial charge is 0.214 e. The van der Waals surface area contributed by atoms with Crippen molar-refractivity contribution >= 4 is 22.1 Å². The summed E-state index contributed by atoms with van der Waals surface area (Å²) in [6, 6.07) is 17.4. The summed E-state index contributed by atoms with van der Waals surface area (Å²) in [5.74, 6) is 0.606. The predicted octanol–water partition coefficient (Wildman–Crippen LogP) is 4.13. The minimum Gasteiger partial charge on any atom is -0.472 e. The van der Waals surface area contributed by atoms with Gasteiger partial charge < -0.3 is 4.74 Å². The van der Waals surface area contributed by atoms with E-state index in [-0.39, 0.29) is 0 Å². The lowest BCUT2D eigenvalue weighted by atomic mass is 10.1. The first-order valence-electron chi connectivity index (χ1n) is 6.78. The maximum atomic E-state index is 11.4. The van der Waals surface area contributed by atoms with Gasteiger partial charge in [-0.3, -0.25) is 4.21 Å². The molecule has 2 heterocycles. The van der Waals surface area contributed by atoms with Gasteiger partial charge in [0.25, 0.3) is 0 Å². The zero-order valence-corrected chi connectivity index (χ0v) is 13.7. The first kappa shape index (κ1) is 14.9. The van der Waals surface area contributed by atoms with Crippen LogP contribution in [0.5, 0.6) is 5.88 Å². The molecule has 5 heteroatoms. The number of nitrogens with zero attached hydrogens (tertiary/aromatic N) is 1. The Bertz CT molecular complexity index is 768. The molecule has 0 fully saturated rings. The van der Waals surface area contributed by atoms with Crippen molar-refractivity contribution in [2.75, 3.05) is 6.26 Å². The molecule has 1 unspecified atom stereocenters. The van der Waals surface area contributed by atoms with Crippen LogP contribution in [0.2, 0.25) is 0 Å². The summed E-state index contributed by atoms with van der Waals surface area (Å²) in [6.07, 6.45) is 1.67. The zero-order valence-electron chi connectivity index (χ0n) is 12.1. The monoisotopic (exact) mass is 329 g/mol. The summed E-state index contributed by atoms with van der Waals surface area (Å²) < 4.78 is 17.1. The number of rotatable bonds is 5. The number of ether oxygens (including phenoxy) is 1. The molecule has 0 N–H and O–H groups in total. The van der Waals surface area contributed by atoms with Crippen LogP contribution in [0.15, 0.2) is 64.9 Å². The number of aromatic nitrogens is 1. The lowest BCUT2D eigenvalue weighted by Gasteiger charge is -2.07. The fraction of sp³-hybridized carbons (Fsp3) is 0.118. The van der Waals surface area contributed by atoms with Crippen LogP contribution >= 0.6 is 11.3 Å². The predicted molar refractivity (Wildman–Crippen MR) is 90.7 cm³/mol. The van der Waals surface area contributed by atoms with Crippen LogP contribution in [0.4, 0.5) is 0 Å². The maximum absolute atomic E-state index is 11.4. The summed E-state index contributed by atoms with van der Waals surface area (Å²) in [6.45, 7) is 0.530. The van der Waals surface area contributed by atoms with E-state index in [2.05, 4.69) is 4.98 Å². The fourth-order valence-corrected chi connectivity index (χ4v) is 3.15. The summed E-state index contributed by atoms with van der Waals surface area (Å²) in [4.78, 5) is 6.51. The molecular formula is C17H15NO2S2. The summed E-state index contributed by atoms with van der Waals surface area (Å²) >= 11 is 1.67. The summed E-state index contributed by atoms with van der Waals surface area (Å²) in [7, 11) is -0.962. The second kappa shape index (κ2) is 6.85. The second-order valence-corrected chi connectivity index (χ2v) is 7.12. The van der Waals surface area contributed by atoms with E-state index < -0.39 is 10.8 Å². The minimum absolute atomic E-state index is 0.530. The van der Waals surface area contributed by atoms with Gasteiger partial charge in [-0.1, -0.05) is 24.3 Å². The largest absolute Gasteiger partial charge is 0.472 e. The van der Waals surface area contributed by atoms with E-state index in [1.165, 1.54) is 4.88 Å². The Balaban J connectivity index is 1.76. The van der Waals surface area contributed by atoms with Crippen molar-refractivity contribution < 1.29 is 8.95 Å². The molecule has 3 nitrogen and oxygen atoms in total. The molecule has 0 aliphatic rings. The Hall–Kier alpha value is -1.98. The van der Waals surface area contributed by atoms with Crippen molar-refractivity contribution in [3.05, 3.63) is 64.9 Å². The Labute approximate surface area is 136 Å². The van der Waals surface area contributed by atoms with Crippen molar-refractivity contribution in [2.45, 2.75) is 11.5 Å². The van der Waals surface area contributed by atoms with Gasteiger partial charge in [0.2, 0.25) is 5.88 Å². The van der Waals surface area contributed by atoms with Crippen molar-refractivity contribution in [1.82, 2.24) is 4.98 Å². The van der Waals surface area contributed by atoms with Gasteiger partial charge >= 0.3 is 0 Å². The molecule has 0 amide bonds. The van der Waals surface area contributed by atoms with Crippen LogP contribution in [0, 0.1) is 0 Å². The van der Waals surface area contributed by atoms with Gasteiger partial charge in [0.15, 0.2) is 0 Å². The highest BCUT2D eigenvalue weighted by atomic mass is 32.2. The first-order valence-corrected chi connectivity index (χ1v) is 9.22. The maximum Gasteiger partial charge on any atom is 0.214 e. The van der Waals surface area contributed by atoms with Gasteiger partial charge in [0.05, 0.1) is 5.69 Å². The molecular weight excluding hydrogens is 314 g/mol. The minimum atomic E-state index is -0.962. The molecule has 0 saturated heterocycles. The SMILES string of the molecule is CS(=O)c1ccc(-c2cccc(OCc3cccs3)n2)cc1. The molecule has 0 spiro atoms. The number of pyridine rings is 1. The fourth-order valence-electron chi connectivity index (χ4n) is 2.01. The Kier molecular flexibility index (Phi) is 4.65. The molecule has 1 aromatic carbocycles. The molecule has 0 radical (unpaired) electrons. The highest BCUT2D eigenvalue weighted by Gasteiger charge is 2.04. The lowest BCUT2D eigenvalue weighted by molar-refractivity contribution is 0.297. The molecule has 22 heavy (non-hydrogen) atoms. The molecule has 112 valence electrons. The number of hydrogen-bond acceptors (Lipinski definition) is 4. The summed E-state index contributed by atoms with van der Waals surface area (Å²) in [5.41, 5.74) is 1.83. The molecule has 2 aromatic heterocycles. The van der Waals surface area contributed by atoms with Gasteiger partial charge in [0.1, 0.15) is 6.61 Å². The first-order chi connectivity index (χ1) is 10.7. The number of thiophene rings is 1. The van der Waals surface area contributed by atoms with Crippen molar-refractivity contribution in [3.8, 4) is 17.1 Å². The highest BCUT2D eigenvalue weighted by Crippen LogP contribution is 2.22. The van der Waals surface area contributed by atoms with Crippen LogP contribution in [-0.4, -0.2) is 15.4 Å². The third-order valence-electron chi connectivity index (χ3n) is 3.15. The van der Waals surface area contributed by atoms with Crippen molar-refractivity contribution in [1.29, 1.82) is 0 Å². The van der Waals surface area contributed by atoms with E-state index in [1.54, 1.807) is 17.6 Å². The lowest BCUT2D eigenvalue weighted by Crippen LogP contribution is -1.96. The summed E-state index contributed by atoms with van der Waals surface area (Å²) in [5, 5.41) is 2.03. The second-order valence-electron chi connectivity index (χ2n) is 4.71. The molecule has 3 aromatic rings. The van der Waals surface area contributed by atoms with Gasteiger partial charge in [-0.15, -0.1) is 11.3 Å². The van der Waals surface area contributed by atoms with E-state index in [1.807, 2.05) is 60.0 Å². The van der Waals surface area contributed by atoms with Crippen molar-refractivity contribution in [2.24, 2.45) is 0 Å². The van der Waals surface area contributed by atoms with Crippen LogP contribution in [-0.2, 0) is 17.4 Å². The standard InChI is InChI=1S/C17H15NO2S2/c1-22(19)15-9-7-13(8-10-15)16-5-2-6-17(18-16)20-12-14-4-3-11-21-14/h2-11H,12H2,1H3. The van der Waals surface area contributed by atoms with E-state index in [0.717, 1.165) is 16.2 Å². The Morgan fingerprint density at radius 2 is 1.91 bits per heavy atom. The van der Waals surface area contributed by atoms with Crippen molar-refractivity contribution in [3.63, 3.8) is 0 Å². The van der Waals surface area contributed by atoms with Gasteiger partial charge in [-0.25, -0.2) is 4.98 Å². The number of benzene rings is 1. The van der Waals surface area contributed by atoms with Gasteiger partial charge in [-0.05, 0) is 29.6 Å². The molecule has 0 bridgehead atoms. The van der Waals surface area contributed by atoms with E-state index in [0.29, 0.717) is 12.5 Å². The van der Waals surface area contributed by atoms with Crippen LogP contribution in [0.1, 0.15) is 4.88 Å². The van der Waals surface area contributed by atoms with Gasteiger partial charge in [-0.2, -0.15) is 0 Å². The van der Waals surface area contributed by atoms with E-state index >= 15 is 0 Å². The molecule has 0 aliphatic heterocycles.